The normalized spacial score (nSPS) is 28.4. The average molecular weight is 239 g/mol. The lowest BCUT2D eigenvalue weighted by Crippen LogP contribution is -2.36. The molecule has 2 amide bonds. The quantitative estimate of drug-likeness (QED) is 0.755. The fourth-order valence-electron chi connectivity index (χ4n) is 2.08. The number of hydrogen-bond acceptors (Lipinski definition) is 2. The van der Waals surface area contributed by atoms with Crippen molar-refractivity contribution in [1.82, 2.24) is 5.32 Å². The van der Waals surface area contributed by atoms with E-state index < -0.39 is 34.8 Å². The molecule has 0 bridgehead atoms. The molecule has 2 atom stereocenters. The maximum atomic E-state index is 13.7. The Bertz CT molecular complexity index is 515. The highest BCUT2D eigenvalue weighted by molar-refractivity contribution is 6.10. The molecule has 1 heterocycles. The van der Waals surface area contributed by atoms with Gasteiger partial charge in [-0.25, -0.2) is 8.78 Å². The highest BCUT2D eigenvalue weighted by Gasteiger charge is 2.51. The summed E-state index contributed by atoms with van der Waals surface area (Å²) in [5.74, 6) is -3.21. The minimum atomic E-state index is -1.28. The van der Waals surface area contributed by atoms with Crippen LogP contribution in [0.2, 0.25) is 0 Å². The van der Waals surface area contributed by atoms with Crippen LogP contribution in [0, 0.1) is 17.6 Å². The summed E-state index contributed by atoms with van der Waals surface area (Å²) >= 11 is 0. The standard InChI is InChI=1S/C12H11F2NO2/c1-6-10(16)15-11(17)12(6,2)8-4-3-7(13)5-9(8)14/h3-6H,1-2H3,(H,15,16,17). The number of carbonyl (C=O) groups is 2. The minimum absolute atomic E-state index is 0.0368. The van der Waals surface area contributed by atoms with E-state index in [-0.39, 0.29) is 5.56 Å². The number of carbonyl (C=O) groups excluding carboxylic acids is 2. The summed E-state index contributed by atoms with van der Waals surface area (Å²) in [5.41, 5.74) is -1.25. The summed E-state index contributed by atoms with van der Waals surface area (Å²) in [6.07, 6.45) is 0. The molecule has 1 aliphatic rings. The van der Waals surface area contributed by atoms with Crippen molar-refractivity contribution in [2.24, 2.45) is 5.92 Å². The molecule has 2 rings (SSSR count). The van der Waals surface area contributed by atoms with Crippen LogP contribution in [0.1, 0.15) is 19.4 Å². The summed E-state index contributed by atoms with van der Waals surface area (Å²) in [6, 6.07) is 3.00. The van der Waals surface area contributed by atoms with Crippen molar-refractivity contribution in [3.05, 3.63) is 35.4 Å². The zero-order valence-corrected chi connectivity index (χ0v) is 9.38. The summed E-state index contributed by atoms with van der Waals surface area (Å²) in [5, 5.41) is 2.16. The average Bonchev–Trinajstić information content (AvgIpc) is 2.43. The van der Waals surface area contributed by atoms with Crippen LogP contribution in [-0.4, -0.2) is 11.8 Å². The molecule has 3 nitrogen and oxygen atoms in total. The Morgan fingerprint density at radius 3 is 2.41 bits per heavy atom. The first-order valence-electron chi connectivity index (χ1n) is 5.18. The fourth-order valence-corrected chi connectivity index (χ4v) is 2.08. The van der Waals surface area contributed by atoms with E-state index in [0.717, 1.165) is 6.07 Å². The van der Waals surface area contributed by atoms with Gasteiger partial charge >= 0.3 is 0 Å². The topological polar surface area (TPSA) is 46.2 Å². The highest BCUT2D eigenvalue weighted by atomic mass is 19.1. The Hall–Kier alpha value is -1.78. The second-order valence-corrected chi connectivity index (χ2v) is 4.37. The third-order valence-electron chi connectivity index (χ3n) is 3.46. The largest absolute Gasteiger partial charge is 0.295 e. The van der Waals surface area contributed by atoms with Gasteiger partial charge in [0.1, 0.15) is 11.6 Å². The van der Waals surface area contributed by atoms with Crippen molar-refractivity contribution in [3.63, 3.8) is 0 Å². The van der Waals surface area contributed by atoms with Gasteiger partial charge in [-0.05, 0) is 13.0 Å². The van der Waals surface area contributed by atoms with Crippen LogP contribution in [-0.2, 0) is 15.0 Å². The molecule has 0 aliphatic carbocycles. The lowest BCUT2D eigenvalue weighted by molar-refractivity contribution is -0.126. The molecule has 1 aromatic rings. The molecular formula is C12H11F2NO2. The van der Waals surface area contributed by atoms with Crippen LogP contribution in [0.5, 0.6) is 0 Å². The molecule has 5 heteroatoms. The van der Waals surface area contributed by atoms with Gasteiger partial charge in [0.2, 0.25) is 11.8 Å². The van der Waals surface area contributed by atoms with Gasteiger partial charge in [0, 0.05) is 11.6 Å². The van der Waals surface area contributed by atoms with Crippen molar-refractivity contribution >= 4 is 11.8 Å². The number of amides is 2. The van der Waals surface area contributed by atoms with Gasteiger partial charge in [-0.1, -0.05) is 13.0 Å². The molecular weight excluding hydrogens is 228 g/mol. The van der Waals surface area contributed by atoms with Crippen LogP contribution in [0.15, 0.2) is 18.2 Å². The van der Waals surface area contributed by atoms with Crippen molar-refractivity contribution in [2.45, 2.75) is 19.3 Å². The minimum Gasteiger partial charge on any atom is -0.295 e. The monoisotopic (exact) mass is 239 g/mol. The van der Waals surface area contributed by atoms with E-state index in [4.69, 9.17) is 0 Å². The molecule has 1 fully saturated rings. The van der Waals surface area contributed by atoms with E-state index in [1.807, 2.05) is 0 Å². The summed E-state index contributed by atoms with van der Waals surface area (Å²) in [7, 11) is 0. The fraction of sp³-hybridized carbons (Fsp3) is 0.333. The molecule has 1 N–H and O–H groups in total. The van der Waals surface area contributed by atoms with Crippen LogP contribution < -0.4 is 5.32 Å². The van der Waals surface area contributed by atoms with E-state index >= 15 is 0 Å². The number of hydrogen-bond donors (Lipinski definition) is 1. The number of benzene rings is 1. The zero-order chi connectivity index (χ0) is 12.8. The van der Waals surface area contributed by atoms with Crippen LogP contribution >= 0.6 is 0 Å². The summed E-state index contributed by atoms with van der Waals surface area (Å²) in [4.78, 5) is 23.2. The van der Waals surface area contributed by atoms with Gasteiger partial charge in [-0.3, -0.25) is 14.9 Å². The zero-order valence-electron chi connectivity index (χ0n) is 9.38. The van der Waals surface area contributed by atoms with Crippen molar-refractivity contribution in [1.29, 1.82) is 0 Å². The number of nitrogens with one attached hydrogen (secondary N) is 1. The molecule has 1 aromatic carbocycles. The lowest BCUT2D eigenvalue weighted by Gasteiger charge is -2.25. The highest BCUT2D eigenvalue weighted by Crippen LogP contribution is 2.38. The predicted octanol–water partition coefficient (Wildman–Crippen LogP) is 1.51. The van der Waals surface area contributed by atoms with Gasteiger partial charge in [0.05, 0.1) is 11.3 Å². The Morgan fingerprint density at radius 2 is 1.94 bits per heavy atom. The third-order valence-corrected chi connectivity index (χ3v) is 3.46. The lowest BCUT2D eigenvalue weighted by atomic mass is 9.74. The van der Waals surface area contributed by atoms with Gasteiger partial charge in [-0.15, -0.1) is 0 Å². The molecule has 90 valence electrons. The maximum absolute atomic E-state index is 13.7. The second kappa shape index (κ2) is 3.61. The molecule has 0 saturated carbocycles. The Balaban J connectivity index is 2.58. The van der Waals surface area contributed by atoms with Crippen LogP contribution in [0.25, 0.3) is 0 Å². The molecule has 1 saturated heterocycles. The molecule has 0 aromatic heterocycles. The third kappa shape index (κ3) is 1.53. The van der Waals surface area contributed by atoms with E-state index in [1.165, 1.54) is 13.0 Å². The van der Waals surface area contributed by atoms with Crippen LogP contribution in [0.3, 0.4) is 0 Å². The summed E-state index contributed by atoms with van der Waals surface area (Å²) < 4.78 is 26.5. The van der Waals surface area contributed by atoms with E-state index in [9.17, 15) is 18.4 Å². The first-order chi connectivity index (χ1) is 7.87. The van der Waals surface area contributed by atoms with Gasteiger partial charge in [0.15, 0.2) is 0 Å². The molecule has 17 heavy (non-hydrogen) atoms. The van der Waals surface area contributed by atoms with Gasteiger partial charge < -0.3 is 0 Å². The Morgan fingerprint density at radius 1 is 1.29 bits per heavy atom. The number of rotatable bonds is 1. The number of halogens is 2. The SMILES string of the molecule is CC1C(=O)NC(=O)C1(C)c1ccc(F)cc1F. The number of imide groups is 1. The smallest absolute Gasteiger partial charge is 0.237 e. The summed E-state index contributed by atoms with van der Waals surface area (Å²) in [6.45, 7) is 3.03. The second-order valence-electron chi connectivity index (χ2n) is 4.37. The first kappa shape index (κ1) is 11.7. The van der Waals surface area contributed by atoms with Gasteiger partial charge in [-0.2, -0.15) is 0 Å². The van der Waals surface area contributed by atoms with Crippen LogP contribution in [0.4, 0.5) is 8.78 Å². The Labute approximate surface area is 96.8 Å². The Kier molecular flexibility index (Phi) is 2.49. The van der Waals surface area contributed by atoms with E-state index in [0.29, 0.717) is 6.07 Å². The van der Waals surface area contributed by atoms with E-state index in [2.05, 4.69) is 5.32 Å². The molecule has 0 radical (unpaired) electrons. The maximum Gasteiger partial charge on any atom is 0.237 e. The predicted molar refractivity (Wildman–Crippen MR) is 56.0 cm³/mol. The van der Waals surface area contributed by atoms with E-state index in [1.54, 1.807) is 6.92 Å². The van der Waals surface area contributed by atoms with Crippen molar-refractivity contribution in [2.75, 3.05) is 0 Å². The van der Waals surface area contributed by atoms with Crippen molar-refractivity contribution < 1.29 is 18.4 Å². The molecule has 0 spiro atoms. The molecule has 1 aliphatic heterocycles. The first-order valence-corrected chi connectivity index (χ1v) is 5.18. The van der Waals surface area contributed by atoms with Gasteiger partial charge in [0.25, 0.3) is 0 Å². The van der Waals surface area contributed by atoms with Crippen molar-refractivity contribution in [3.8, 4) is 0 Å². The molecule has 2 unspecified atom stereocenters.